The highest BCUT2D eigenvalue weighted by molar-refractivity contribution is 7.90. The summed E-state index contributed by atoms with van der Waals surface area (Å²) in [5.74, 6) is 0. The van der Waals surface area contributed by atoms with Crippen LogP contribution in [-0.4, -0.2) is 14.1 Å². The fourth-order valence-electron chi connectivity index (χ4n) is 1.78. The van der Waals surface area contributed by atoms with Crippen molar-refractivity contribution < 1.29 is 8.42 Å². The molecule has 0 amide bonds. The zero-order chi connectivity index (χ0) is 15.5. The predicted molar refractivity (Wildman–Crippen MR) is 81.7 cm³/mol. The molecule has 2 aromatic carbocycles. The predicted octanol–water partition coefficient (Wildman–Crippen LogP) is 3.06. The molecule has 0 saturated carbocycles. The van der Waals surface area contributed by atoms with Crippen LogP contribution in [0.4, 0.5) is 0 Å². The van der Waals surface area contributed by atoms with E-state index < -0.39 is 10.0 Å². The summed E-state index contributed by atoms with van der Waals surface area (Å²) in [4.78, 5) is 0.168. The smallest absolute Gasteiger partial charge is 0.199 e. The molecule has 21 heavy (non-hydrogen) atoms. The third kappa shape index (κ3) is 3.56. The molecule has 2 rings (SSSR count). The molecule has 0 aliphatic heterocycles. The summed E-state index contributed by atoms with van der Waals surface area (Å²) in [5.41, 5.74) is 2.57. The van der Waals surface area contributed by atoms with Crippen molar-refractivity contribution in [1.29, 1.82) is 5.26 Å². The summed E-state index contributed by atoms with van der Waals surface area (Å²) < 4.78 is 28.3. The van der Waals surface area contributed by atoms with Crippen LogP contribution in [0.3, 0.4) is 0 Å². The van der Waals surface area contributed by atoms with Crippen LogP contribution in [-0.2, 0) is 10.0 Å². The second kappa shape index (κ2) is 5.90. The zero-order valence-corrected chi connectivity index (χ0v) is 12.6. The van der Waals surface area contributed by atoms with Crippen LogP contribution in [0, 0.1) is 18.3 Å². The zero-order valence-electron chi connectivity index (χ0n) is 11.7. The van der Waals surface area contributed by atoms with E-state index in [1.165, 1.54) is 0 Å². The lowest BCUT2D eigenvalue weighted by atomic mass is 10.1. The van der Waals surface area contributed by atoms with E-state index in [1.807, 2.05) is 13.0 Å². The van der Waals surface area contributed by atoms with E-state index in [-0.39, 0.29) is 4.90 Å². The van der Waals surface area contributed by atoms with E-state index in [2.05, 4.69) is 4.40 Å². The number of aryl methyl sites for hydroxylation is 1. The van der Waals surface area contributed by atoms with Gasteiger partial charge in [0.05, 0.1) is 22.2 Å². The number of rotatable bonds is 3. The minimum atomic E-state index is -3.72. The Morgan fingerprint density at radius 3 is 2.14 bits per heavy atom. The average molecular weight is 298 g/mol. The number of benzene rings is 2. The first kappa shape index (κ1) is 14.9. The fourth-order valence-corrected chi connectivity index (χ4v) is 2.83. The van der Waals surface area contributed by atoms with Crippen molar-refractivity contribution in [3.05, 3.63) is 65.2 Å². The summed E-state index contributed by atoms with van der Waals surface area (Å²) in [6.45, 7) is 3.52. The lowest BCUT2D eigenvalue weighted by molar-refractivity contribution is 0.598. The summed E-state index contributed by atoms with van der Waals surface area (Å²) in [5, 5.41) is 8.75. The lowest BCUT2D eigenvalue weighted by Crippen LogP contribution is -2.03. The monoisotopic (exact) mass is 298 g/mol. The van der Waals surface area contributed by atoms with Gasteiger partial charge >= 0.3 is 0 Å². The van der Waals surface area contributed by atoms with Crippen LogP contribution in [0.2, 0.25) is 0 Å². The quantitative estimate of drug-likeness (QED) is 0.818. The van der Waals surface area contributed by atoms with Gasteiger partial charge in [0.1, 0.15) is 0 Å². The second-order valence-corrected chi connectivity index (χ2v) is 6.26. The maximum Gasteiger partial charge on any atom is 0.282 e. The molecule has 0 N–H and O–H groups in total. The van der Waals surface area contributed by atoms with E-state index in [0.717, 1.165) is 5.56 Å². The Hall–Kier alpha value is -2.45. The van der Waals surface area contributed by atoms with Gasteiger partial charge in [-0.1, -0.05) is 29.8 Å². The molecule has 106 valence electrons. The van der Waals surface area contributed by atoms with Crippen molar-refractivity contribution in [2.45, 2.75) is 18.7 Å². The molecule has 0 bridgehead atoms. The third-order valence-corrected chi connectivity index (χ3v) is 4.39. The van der Waals surface area contributed by atoms with Gasteiger partial charge < -0.3 is 0 Å². The normalized spacial score (nSPS) is 12.0. The molecule has 0 heterocycles. The Morgan fingerprint density at radius 2 is 1.62 bits per heavy atom. The topological polar surface area (TPSA) is 70.3 Å². The first-order chi connectivity index (χ1) is 9.92. The first-order valence-electron chi connectivity index (χ1n) is 6.31. The maximum absolute atomic E-state index is 12.2. The van der Waals surface area contributed by atoms with Crippen LogP contribution in [0.1, 0.15) is 23.6 Å². The summed E-state index contributed by atoms with van der Waals surface area (Å²) >= 11 is 0. The fraction of sp³-hybridized carbons (Fsp3) is 0.125. The van der Waals surface area contributed by atoms with Crippen molar-refractivity contribution in [1.82, 2.24) is 0 Å². The summed E-state index contributed by atoms with van der Waals surface area (Å²) in [6, 6.07) is 15.2. The Bertz CT molecular complexity index is 812. The van der Waals surface area contributed by atoms with Gasteiger partial charge in [-0.15, -0.1) is 0 Å². The Morgan fingerprint density at radius 1 is 1.05 bits per heavy atom. The van der Waals surface area contributed by atoms with Gasteiger partial charge in [0.25, 0.3) is 10.0 Å². The van der Waals surface area contributed by atoms with E-state index in [9.17, 15) is 8.42 Å². The van der Waals surface area contributed by atoms with Gasteiger partial charge in [0.2, 0.25) is 0 Å². The van der Waals surface area contributed by atoms with Crippen molar-refractivity contribution in [2.24, 2.45) is 4.40 Å². The Labute approximate surface area is 124 Å². The van der Waals surface area contributed by atoms with Crippen molar-refractivity contribution in [2.75, 3.05) is 0 Å². The van der Waals surface area contributed by atoms with Crippen LogP contribution >= 0.6 is 0 Å². The molecule has 0 aliphatic rings. The van der Waals surface area contributed by atoms with Crippen LogP contribution < -0.4 is 0 Å². The third-order valence-electron chi connectivity index (χ3n) is 3.01. The highest BCUT2D eigenvalue weighted by Gasteiger charge is 2.13. The van der Waals surface area contributed by atoms with Crippen molar-refractivity contribution >= 4 is 15.7 Å². The lowest BCUT2D eigenvalue weighted by Gasteiger charge is -2.03. The summed E-state index contributed by atoms with van der Waals surface area (Å²) in [6.07, 6.45) is 0. The van der Waals surface area contributed by atoms with Crippen LogP contribution in [0.5, 0.6) is 0 Å². The van der Waals surface area contributed by atoms with E-state index in [0.29, 0.717) is 16.8 Å². The molecule has 0 radical (unpaired) electrons. The molecular formula is C16H14N2O2S. The standard InChI is InChI=1S/C16H14N2O2S/c1-12-3-9-16(10-4-12)21(19,20)18-13(2)15-7-5-14(11-17)6-8-15/h3-10H,1-2H3/b18-13+. The minimum absolute atomic E-state index is 0.168. The molecule has 0 spiro atoms. The van der Waals surface area contributed by atoms with Crippen LogP contribution in [0.15, 0.2) is 57.8 Å². The number of nitriles is 1. The summed E-state index contributed by atoms with van der Waals surface area (Å²) in [7, 11) is -3.72. The molecule has 0 saturated heterocycles. The van der Waals surface area contributed by atoms with Gasteiger partial charge in [0, 0.05) is 0 Å². The van der Waals surface area contributed by atoms with Gasteiger partial charge in [0.15, 0.2) is 0 Å². The highest BCUT2D eigenvalue weighted by Crippen LogP contribution is 2.15. The van der Waals surface area contributed by atoms with Gasteiger partial charge in [-0.25, -0.2) is 0 Å². The Balaban J connectivity index is 2.36. The van der Waals surface area contributed by atoms with Gasteiger partial charge in [-0.2, -0.15) is 18.1 Å². The molecule has 2 aromatic rings. The number of hydrogen-bond acceptors (Lipinski definition) is 3. The van der Waals surface area contributed by atoms with E-state index >= 15 is 0 Å². The number of hydrogen-bond donors (Lipinski definition) is 0. The first-order valence-corrected chi connectivity index (χ1v) is 7.75. The van der Waals surface area contributed by atoms with Crippen molar-refractivity contribution in [3.8, 4) is 6.07 Å². The molecular weight excluding hydrogens is 284 g/mol. The largest absolute Gasteiger partial charge is 0.282 e. The van der Waals surface area contributed by atoms with Gasteiger partial charge in [-0.05, 0) is 43.7 Å². The molecule has 0 aromatic heterocycles. The highest BCUT2D eigenvalue weighted by atomic mass is 32.2. The minimum Gasteiger partial charge on any atom is -0.199 e. The number of sulfonamides is 1. The number of nitrogens with zero attached hydrogens (tertiary/aromatic N) is 2. The SMILES string of the molecule is C/C(=N\S(=O)(=O)c1ccc(C)cc1)c1ccc(C#N)cc1. The molecule has 0 atom stereocenters. The average Bonchev–Trinajstić information content (AvgIpc) is 2.47. The van der Waals surface area contributed by atoms with Gasteiger partial charge in [-0.3, -0.25) is 0 Å². The van der Waals surface area contributed by atoms with E-state index in [4.69, 9.17) is 5.26 Å². The maximum atomic E-state index is 12.2. The molecule has 0 aliphatic carbocycles. The molecule has 0 fully saturated rings. The van der Waals surface area contributed by atoms with Crippen molar-refractivity contribution in [3.63, 3.8) is 0 Å². The second-order valence-electron chi connectivity index (χ2n) is 4.65. The molecule has 5 heteroatoms. The molecule has 0 unspecified atom stereocenters. The molecule has 4 nitrogen and oxygen atoms in total. The Kier molecular flexibility index (Phi) is 4.20. The van der Waals surface area contributed by atoms with Crippen LogP contribution in [0.25, 0.3) is 0 Å². The van der Waals surface area contributed by atoms with E-state index in [1.54, 1.807) is 55.5 Å².